The Balaban J connectivity index is 0.000000145. The highest BCUT2D eigenvalue weighted by Crippen LogP contribution is 2.57. The van der Waals surface area contributed by atoms with Crippen molar-refractivity contribution >= 4 is 56.8 Å². The molecule has 25 rings (SSSR count). The molecule has 0 fully saturated rings. The van der Waals surface area contributed by atoms with E-state index in [-0.39, 0.29) is 23.9 Å². The van der Waals surface area contributed by atoms with Gasteiger partial charge >= 0.3 is 0 Å². The summed E-state index contributed by atoms with van der Waals surface area (Å²) in [4.78, 5) is 35.6. The first-order valence-corrected chi connectivity index (χ1v) is 44.2. The summed E-state index contributed by atoms with van der Waals surface area (Å²) >= 11 is 0. The summed E-state index contributed by atoms with van der Waals surface area (Å²) in [6, 6.07) is 154. The van der Waals surface area contributed by atoms with E-state index in [4.69, 9.17) is 38.7 Å². The molecule has 612 valence electrons. The van der Waals surface area contributed by atoms with Crippen molar-refractivity contribution in [3.8, 4) is 146 Å². The Labute approximate surface area is 753 Å². The summed E-state index contributed by atoms with van der Waals surface area (Å²) in [6.07, 6.45) is 8.95. The summed E-state index contributed by atoms with van der Waals surface area (Å²) in [5, 5.41) is 2.19. The van der Waals surface area contributed by atoms with Crippen LogP contribution in [0, 0.1) is 0 Å². The third kappa shape index (κ3) is 14.2. The molecule has 0 bridgehead atoms. The molecule has 10 nitrogen and oxygen atoms in total. The third-order valence-electron chi connectivity index (χ3n) is 25.8. The number of hydrogen-bond acceptors (Lipinski definition) is 10. The Kier molecular flexibility index (Phi) is 19.3. The van der Waals surface area contributed by atoms with Crippen LogP contribution in [0.25, 0.3) is 180 Å². The number of aromatic nitrogens is 6. The Hall–Kier alpha value is -17.1. The highest BCUT2D eigenvalue weighted by Gasteiger charge is 2.45. The zero-order chi connectivity index (χ0) is 86.0. The lowest BCUT2D eigenvalue weighted by Gasteiger charge is -2.30. The van der Waals surface area contributed by atoms with Gasteiger partial charge in [0.15, 0.2) is 34.9 Å². The fraction of sp³-hybridized carbons (Fsp3) is 0.0333. The van der Waals surface area contributed by atoms with Gasteiger partial charge in [-0.1, -0.05) is 388 Å². The maximum Gasteiger partial charge on any atom is 0.164 e. The minimum absolute atomic E-state index is 0.0599. The highest BCUT2D eigenvalue weighted by atomic mass is 16.3. The van der Waals surface area contributed by atoms with Crippen LogP contribution >= 0.6 is 0 Å². The highest BCUT2D eigenvalue weighted by molar-refractivity contribution is 5.96. The van der Waals surface area contributed by atoms with E-state index in [0.717, 1.165) is 112 Å². The topological polar surface area (TPSA) is 110 Å². The van der Waals surface area contributed by atoms with Crippen LogP contribution in [0.2, 0.25) is 0 Å². The molecule has 17 aromatic carbocycles. The molecule has 0 saturated carbocycles. The van der Waals surface area contributed by atoms with E-state index in [1.807, 2.05) is 48.5 Å². The molecule has 4 aliphatic rings. The van der Waals surface area contributed by atoms with Gasteiger partial charge in [-0.3, -0.25) is 0 Å². The molecule has 0 amide bonds. The number of anilines is 4. The van der Waals surface area contributed by atoms with E-state index < -0.39 is 0 Å². The molecule has 4 unspecified atom stereocenters. The van der Waals surface area contributed by atoms with Gasteiger partial charge in [0.25, 0.3) is 0 Å². The fourth-order valence-electron chi connectivity index (χ4n) is 19.5. The van der Waals surface area contributed by atoms with Crippen molar-refractivity contribution in [2.24, 2.45) is 0 Å². The maximum atomic E-state index is 6.81. The van der Waals surface area contributed by atoms with Gasteiger partial charge in [0.2, 0.25) is 0 Å². The molecule has 2 aliphatic heterocycles. The van der Waals surface area contributed by atoms with Crippen molar-refractivity contribution in [2.75, 3.05) is 9.80 Å². The molecule has 2 aliphatic carbocycles. The van der Waals surface area contributed by atoms with Crippen molar-refractivity contribution in [1.29, 1.82) is 0 Å². The Morgan fingerprint density at radius 3 is 0.785 bits per heavy atom. The van der Waals surface area contributed by atoms with Crippen LogP contribution < -0.4 is 9.80 Å². The second-order valence-corrected chi connectivity index (χ2v) is 33.5. The second kappa shape index (κ2) is 32.8. The minimum Gasteiger partial charge on any atom is -0.456 e. The van der Waals surface area contributed by atoms with Crippen LogP contribution in [-0.4, -0.2) is 42.0 Å². The largest absolute Gasteiger partial charge is 0.456 e. The van der Waals surface area contributed by atoms with E-state index in [1.165, 1.54) is 78.1 Å². The quantitative estimate of drug-likeness (QED) is 0.0984. The van der Waals surface area contributed by atoms with Gasteiger partial charge in [0.05, 0.1) is 12.1 Å². The maximum absolute atomic E-state index is 6.81. The predicted octanol–water partition coefficient (Wildman–Crippen LogP) is 30.3. The SMILES string of the molecule is C1=CC2C(c3ccccc3N2c2cccc(-c3ccc(-c4ccccc4)cc3)c2)c2c1oc1cc(-c3nc(-c4ccc(-c5ccccc5)cc4)nc(-c4cccc(-c5ccccc5)c4)n3)ccc21.C1=CC2C(c3ccccc3N2c2cccc(-c3ccc(-c4ccccc4)cc3)c2)c2c1oc1cc(-c3nc(-c4ccccc4)nc(-c4cccc(-c5ccccc5)c4)n3)ccc21. The molecule has 0 saturated heterocycles. The lowest BCUT2D eigenvalue weighted by Crippen LogP contribution is -2.30. The van der Waals surface area contributed by atoms with Gasteiger partial charge in [-0.05, 0) is 162 Å². The standard InChI is InChI=1S/C63H42N4O.C57H38N4O/c1-4-14-41(15-5-1)44-26-28-46(29-27-44)49-21-13-23-52(39-49)67-55-25-11-10-24-53(55)59-56(67)36-37-57-60(59)54-35-34-51(40-58(54)68-57)63-65-61(47-32-30-45(31-33-47)42-16-6-2-7-17-42)64-62(66-63)50-22-12-20-48(38-50)43-18-8-3-9-19-43;1-4-14-37(15-5-1)39-26-28-40(29-27-39)43-21-13-23-46(35-43)61-49-25-11-10-24-47(49)53-50(61)32-33-51-54(53)48-31-30-45(36-52(48)62-51)57-59-55(41-18-8-3-9-19-41)58-56(60-57)44-22-12-20-42(34-44)38-16-6-2-7-17-38/h1-40,56,59H;1-36,50,53H. The van der Waals surface area contributed by atoms with Gasteiger partial charge < -0.3 is 18.6 Å². The first-order chi connectivity index (χ1) is 64.4. The van der Waals surface area contributed by atoms with E-state index in [0.29, 0.717) is 34.9 Å². The van der Waals surface area contributed by atoms with Crippen LogP contribution in [0.1, 0.15) is 45.6 Å². The zero-order valence-electron chi connectivity index (χ0n) is 70.6. The number of furan rings is 2. The Morgan fingerprint density at radius 2 is 0.431 bits per heavy atom. The van der Waals surface area contributed by atoms with E-state index in [9.17, 15) is 0 Å². The molecule has 6 heterocycles. The average molecular weight is 1670 g/mol. The molecular weight excluding hydrogens is 1590 g/mol. The summed E-state index contributed by atoms with van der Waals surface area (Å²) in [7, 11) is 0. The molecule has 0 N–H and O–H groups in total. The Morgan fingerprint density at radius 1 is 0.192 bits per heavy atom. The predicted molar refractivity (Wildman–Crippen MR) is 529 cm³/mol. The van der Waals surface area contributed by atoms with Crippen LogP contribution in [0.15, 0.2) is 458 Å². The van der Waals surface area contributed by atoms with Gasteiger partial charge in [-0.25, -0.2) is 29.9 Å². The van der Waals surface area contributed by atoms with E-state index in [2.05, 4.69) is 422 Å². The molecular formula is C120H80N8O2. The smallest absolute Gasteiger partial charge is 0.164 e. The van der Waals surface area contributed by atoms with Crippen LogP contribution in [-0.2, 0) is 0 Å². The Bertz CT molecular complexity index is 7920. The van der Waals surface area contributed by atoms with Crippen molar-refractivity contribution in [1.82, 2.24) is 29.9 Å². The van der Waals surface area contributed by atoms with Crippen LogP contribution in [0.3, 0.4) is 0 Å². The molecule has 0 radical (unpaired) electrons. The molecule has 4 atom stereocenters. The first kappa shape index (κ1) is 76.6. The number of para-hydroxylation sites is 2. The lowest BCUT2D eigenvalue weighted by atomic mass is 9.82. The third-order valence-corrected chi connectivity index (χ3v) is 25.8. The van der Waals surface area contributed by atoms with Crippen molar-refractivity contribution < 1.29 is 8.83 Å². The molecule has 130 heavy (non-hydrogen) atoms. The number of nitrogens with zero attached hydrogens (tertiary/aromatic N) is 8. The summed E-state index contributed by atoms with van der Waals surface area (Å²) in [6.45, 7) is 0. The van der Waals surface area contributed by atoms with Crippen molar-refractivity contribution in [2.45, 2.75) is 23.9 Å². The summed E-state index contributed by atoms with van der Waals surface area (Å²) in [5.41, 5.74) is 33.1. The average Bonchev–Trinajstić information content (AvgIpc) is 1.56. The van der Waals surface area contributed by atoms with Crippen molar-refractivity contribution in [3.63, 3.8) is 0 Å². The van der Waals surface area contributed by atoms with Gasteiger partial charge in [0, 0.05) is 89.9 Å². The first-order valence-electron chi connectivity index (χ1n) is 44.2. The zero-order valence-corrected chi connectivity index (χ0v) is 70.6. The van der Waals surface area contributed by atoms with E-state index >= 15 is 0 Å². The van der Waals surface area contributed by atoms with Crippen LogP contribution in [0.5, 0.6) is 0 Å². The monoisotopic (exact) mass is 1660 g/mol. The molecule has 21 aromatic rings. The lowest BCUT2D eigenvalue weighted by molar-refractivity contribution is 0.584. The van der Waals surface area contributed by atoms with Crippen LogP contribution in [0.4, 0.5) is 22.7 Å². The number of rotatable bonds is 15. The molecule has 4 aromatic heterocycles. The number of hydrogen-bond donors (Lipinski definition) is 0. The van der Waals surface area contributed by atoms with Gasteiger partial charge in [-0.2, -0.15) is 0 Å². The fourth-order valence-corrected chi connectivity index (χ4v) is 19.5. The minimum atomic E-state index is 0.0599. The summed E-state index contributed by atoms with van der Waals surface area (Å²) < 4.78 is 13.6. The molecule has 0 spiro atoms. The van der Waals surface area contributed by atoms with Gasteiger partial charge in [-0.15, -0.1) is 0 Å². The van der Waals surface area contributed by atoms with Crippen molar-refractivity contribution in [3.05, 3.63) is 483 Å². The van der Waals surface area contributed by atoms with Gasteiger partial charge in [0.1, 0.15) is 22.7 Å². The van der Waals surface area contributed by atoms with E-state index in [1.54, 1.807) is 0 Å². The molecule has 10 heteroatoms. The summed E-state index contributed by atoms with van der Waals surface area (Å²) in [5.74, 6) is 5.55. The number of fused-ring (bicyclic) bond motifs is 14. The normalized spacial score (nSPS) is 14.8. The number of benzene rings is 17. The second-order valence-electron chi connectivity index (χ2n) is 33.5.